The van der Waals surface area contributed by atoms with Crippen LogP contribution in [0.25, 0.3) is 0 Å². The van der Waals surface area contributed by atoms with E-state index in [2.05, 4.69) is 0 Å². The van der Waals surface area contributed by atoms with Gasteiger partial charge in [0.2, 0.25) is 0 Å². The van der Waals surface area contributed by atoms with Gasteiger partial charge in [0, 0.05) is 17.1 Å². The molecule has 0 aromatic carbocycles. The Labute approximate surface area is 104 Å². The normalized spacial score (nSPS) is 20.8. The molecule has 2 fully saturated rings. The first-order valence-corrected chi connectivity index (χ1v) is 6.05. The van der Waals surface area contributed by atoms with Crippen molar-refractivity contribution in [3.05, 3.63) is 12.2 Å². The summed E-state index contributed by atoms with van der Waals surface area (Å²) in [5.74, 6) is 0.704. The molecule has 0 N–H and O–H groups in total. The Morgan fingerprint density at radius 1 is 0.800 bits per heavy atom. The first kappa shape index (κ1) is 14.9. The van der Waals surface area contributed by atoms with Crippen LogP contribution in [0.15, 0.2) is 12.2 Å². The molecule has 15 heavy (non-hydrogen) atoms. The summed E-state index contributed by atoms with van der Waals surface area (Å²) in [7, 11) is 0. The fraction of sp³-hybridized carbons (Fsp3) is 0.769. The van der Waals surface area contributed by atoms with Gasteiger partial charge in [-0.05, 0) is 24.8 Å². The SMILES string of the molecule is C1CCCC1.O=CC=CC1CCCC1.[Fe]. The van der Waals surface area contributed by atoms with E-state index in [9.17, 15) is 4.79 Å². The molecule has 0 amide bonds. The smallest absolute Gasteiger partial charge is 0.142 e. The van der Waals surface area contributed by atoms with Crippen molar-refractivity contribution in [2.24, 2.45) is 5.92 Å². The number of hydrogen-bond acceptors (Lipinski definition) is 1. The van der Waals surface area contributed by atoms with E-state index >= 15 is 0 Å². The summed E-state index contributed by atoms with van der Waals surface area (Å²) in [6.45, 7) is 0. The quantitative estimate of drug-likeness (QED) is 0.413. The predicted molar refractivity (Wildman–Crippen MR) is 60.2 cm³/mol. The van der Waals surface area contributed by atoms with E-state index in [0.717, 1.165) is 6.29 Å². The minimum Gasteiger partial charge on any atom is -0.299 e. The van der Waals surface area contributed by atoms with Gasteiger partial charge in [-0.2, -0.15) is 0 Å². The van der Waals surface area contributed by atoms with E-state index in [1.165, 1.54) is 57.8 Å². The van der Waals surface area contributed by atoms with Gasteiger partial charge >= 0.3 is 0 Å². The summed E-state index contributed by atoms with van der Waals surface area (Å²) in [5, 5.41) is 0. The van der Waals surface area contributed by atoms with E-state index in [0.29, 0.717) is 5.92 Å². The number of rotatable bonds is 2. The molecule has 1 nitrogen and oxygen atoms in total. The molecule has 0 spiro atoms. The van der Waals surface area contributed by atoms with Crippen molar-refractivity contribution in [2.45, 2.75) is 57.8 Å². The third-order valence-electron chi connectivity index (χ3n) is 3.11. The number of carbonyl (C=O) groups excluding carboxylic acids is 1. The molecule has 0 radical (unpaired) electrons. The minimum absolute atomic E-state index is 0. The second-order valence-electron chi connectivity index (χ2n) is 4.33. The molecular formula is C13H22FeO. The third kappa shape index (κ3) is 7.81. The van der Waals surface area contributed by atoms with E-state index in [4.69, 9.17) is 0 Å². The van der Waals surface area contributed by atoms with Gasteiger partial charge in [0.1, 0.15) is 6.29 Å². The maximum Gasteiger partial charge on any atom is 0.142 e. The molecule has 0 aliphatic heterocycles. The van der Waals surface area contributed by atoms with Crippen LogP contribution in [-0.2, 0) is 21.9 Å². The summed E-state index contributed by atoms with van der Waals surface area (Å²) in [6.07, 6.45) is 17.3. The molecule has 2 rings (SSSR count). The van der Waals surface area contributed by atoms with Gasteiger partial charge in [0.15, 0.2) is 0 Å². The zero-order valence-corrected chi connectivity index (χ0v) is 10.5. The molecule has 0 unspecified atom stereocenters. The van der Waals surface area contributed by atoms with Crippen LogP contribution in [0.4, 0.5) is 0 Å². The van der Waals surface area contributed by atoms with Crippen molar-refractivity contribution in [1.82, 2.24) is 0 Å². The maximum atomic E-state index is 9.87. The standard InChI is InChI=1S/C8H12O.C5H10.Fe/c9-7-3-6-8-4-1-2-5-8;1-2-4-5-3-1;/h3,6-8H,1-2,4-5H2;1-5H2;. The summed E-state index contributed by atoms with van der Waals surface area (Å²) in [5.41, 5.74) is 0. The fourth-order valence-electron chi connectivity index (χ4n) is 2.24. The molecule has 0 atom stereocenters. The average molecular weight is 250 g/mol. The molecule has 2 saturated carbocycles. The Balaban J connectivity index is 0.000000280. The summed E-state index contributed by atoms with van der Waals surface area (Å²) in [6, 6.07) is 0. The second-order valence-corrected chi connectivity index (χ2v) is 4.33. The van der Waals surface area contributed by atoms with Gasteiger partial charge < -0.3 is 0 Å². The summed E-state index contributed by atoms with van der Waals surface area (Å²) < 4.78 is 0. The van der Waals surface area contributed by atoms with Crippen LogP contribution in [-0.4, -0.2) is 6.29 Å². The second kappa shape index (κ2) is 10.4. The van der Waals surface area contributed by atoms with E-state index in [-0.39, 0.29) is 17.1 Å². The Kier molecular flexibility index (Phi) is 10.4. The van der Waals surface area contributed by atoms with E-state index < -0.39 is 0 Å². The van der Waals surface area contributed by atoms with Crippen molar-refractivity contribution in [2.75, 3.05) is 0 Å². The number of hydrogen-bond donors (Lipinski definition) is 0. The van der Waals surface area contributed by atoms with Gasteiger partial charge in [-0.25, -0.2) is 0 Å². The van der Waals surface area contributed by atoms with E-state index in [1.54, 1.807) is 6.08 Å². The molecule has 2 aliphatic carbocycles. The van der Waals surface area contributed by atoms with Crippen LogP contribution in [0.1, 0.15) is 57.8 Å². The third-order valence-corrected chi connectivity index (χ3v) is 3.11. The molecule has 0 heterocycles. The van der Waals surface area contributed by atoms with Crippen molar-refractivity contribution in [1.29, 1.82) is 0 Å². The van der Waals surface area contributed by atoms with Crippen LogP contribution in [0, 0.1) is 5.92 Å². The van der Waals surface area contributed by atoms with Crippen molar-refractivity contribution in [3.8, 4) is 0 Å². The molecule has 0 aromatic rings. The van der Waals surface area contributed by atoms with Crippen LogP contribution in [0.5, 0.6) is 0 Å². The van der Waals surface area contributed by atoms with E-state index in [1.807, 2.05) is 6.08 Å². The number of carbonyl (C=O) groups is 1. The molecule has 0 aromatic heterocycles. The number of aldehydes is 1. The Morgan fingerprint density at radius 3 is 1.67 bits per heavy atom. The summed E-state index contributed by atoms with van der Waals surface area (Å²) >= 11 is 0. The van der Waals surface area contributed by atoms with Gasteiger partial charge in [-0.15, -0.1) is 0 Å². The average Bonchev–Trinajstić information content (AvgIpc) is 2.90. The first-order valence-electron chi connectivity index (χ1n) is 6.05. The molecule has 0 saturated heterocycles. The molecular weight excluding hydrogens is 228 g/mol. The monoisotopic (exact) mass is 250 g/mol. The Hall–Kier alpha value is -0.0705. The van der Waals surface area contributed by atoms with Gasteiger partial charge in [-0.1, -0.05) is 51.0 Å². The molecule has 2 heteroatoms. The molecule has 0 bridgehead atoms. The zero-order valence-electron chi connectivity index (χ0n) is 9.44. The Morgan fingerprint density at radius 2 is 1.27 bits per heavy atom. The van der Waals surface area contributed by atoms with Crippen LogP contribution in [0.3, 0.4) is 0 Å². The van der Waals surface area contributed by atoms with Gasteiger partial charge in [-0.3, -0.25) is 4.79 Å². The largest absolute Gasteiger partial charge is 0.299 e. The topological polar surface area (TPSA) is 17.1 Å². The molecule has 2 aliphatic rings. The maximum absolute atomic E-state index is 9.87. The van der Waals surface area contributed by atoms with Crippen molar-refractivity contribution < 1.29 is 21.9 Å². The molecule has 88 valence electrons. The van der Waals surface area contributed by atoms with Crippen LogP contribution < -0.4 is 0 Å². The summed E-state index contributed by atoms with van der Waals surface area (Å²) in [4.78, 5) is 9.87. The zero-order chi connectivity index (χ0) is 10.1. The Bertz CT molecular complexity index is 160. The van der Waals surface area contributed by atoms with Gasteiger partial charge in [0.05, 0.1) is 0 Å². The number of allylic oxidation sites excluding steroid dienone is 2. The van der Waals surface area contributed by atoms with Gasteiger partial charge in [0.25, 0.3) is 0 Å². The predicted octanol–water partition coefficient (Wildman–Crippen LogP) is 3.88. The van der Waals surface area contributed by atoms with Crippen LogP contribution in [0.2, 0.25) is 0 Å². The van der Waals surface area contributed by atoms with Crippen molar-refractivity contribution in [3.63, 3.8) is 0 Å². The first-order chi connectivity index (χ1) is 6.93. The van der Waals surface area contributed by atoms with Crippen LogP contribution >= 0.6 is 0 Å². The van der Waals surface area contributed by atoms with Crippen molar-refractivity contribution >= 4 is 6.29 Å². The fourth-order valence-corrected chi connectivity index (χ4v) is 2.24. The minimum atomic E-state index is 0.